The van der Waals surface area contributed by atoms with Crippen LogP contribution in [-0.2, 0) is 0 Å². The second kappa shape index (κ2) is 5.38. The van der Waals surface area contributed by atoms with E-state index in [4.69, 9.17) is 4.42 Å². The largest absolute Gasteiger partial charge is 0.452 e. The van der Waals surface area contributed by atoms with Crippen molar-refractivity contribution in [3.63, 3.8) is 0 Å². The van der Waals surface area contributed by atoms with Crippen molar-refractivity contribution in [2.45, 2.75) is 6.04 Å². The molecule has 2 aromatic carbocycles. The zero-order valence-corrected chi connectivity index (χ0v) is 12.4. The second-order valence-electron chi connectivity index (χ2n) is 4.55. The average Bonchev–Trinajstić information content (AvgIpc) is 2.89. The van der Waals surface area contributed by atoms with E-state index in [1.807, 2.05) is 37.4 Å². The quantitative estimate of drug-likeness (QED) is 0.755. The summed E-state index contributed by atoms with van der Waals surface area (Å²) in [6.07, 6.45) is 0. The Balaban J connectivity index is 2.20. The van der Waals surface area contributed by atoms with Crippen molar-refractivity contribution < 1.29 is 8.81 Å². The Morgan fingerprint density at radius 3 is 2.45 bits per heavy atom. The first-order valence-corrected chi connectivity index (χ1v) is 7.09. The molecule has 0 aliphatic heterocycles. The SMILES string of the molecule is CNC(c1ccc(Br)o1)c1ccc(F)c2ccccc12. The molecule has 1 aromatic heterocycles. The highest BCUT2D eigenvalue weighted by molar-refractivity contribution is 9.10. The summed E-state index contributed by atoms with van der Waals surface area (Å²) in [7, 11) is 1.86. The topological polar surface area (TPSA) is 25.2 Å². The van der Waals surface area contributed by atoms with Gasteiger partial charge < -0.3 is 9.73 Å². The van der Waals surface area contributed by atoms with Gasteiger partial charge in [-0.3, -0.25) is 0 Å². The molecule has 2 nitrogen and oxygen atoms in total. The third-order valence-corrected chi connectivity index (χ3v) is 3.81. The van der Waals surface area contributed by atoms with Gasteiger partial charge in [-0.1, -0.05) is 30.3 Å². The molecule has 0 fully saturated rings. The number of benzene rings is 2. The van der Waals surface area contributed by atoms with E-state index in [1.54, 1.807) is 12.1 Å². The van der Waals surface area contributed by atoms with E-state index in [0.29, 0.717) is 10.1 Å². The van der Waals surface area contributed by atoms with Crippen LogP contribution in [0.3, 0.4) is 0 Å². The Morgan fingerprint density at radius 2 is 1.80 bits per heavy atom. The molecule has 0 spiro atoms. The molecule has 1 unspecified atom stereocenters. The normalized spacial score (nSPS) is 12.8. The summed E-state index contributed by atoms with van der Waals surface area (Å²) in [5, 5.41) is 4.73. The molecule has 102 valence electrons. The van der Waals surface area contributed by atoms with Gasteiger partial charge in [0, 0.05) is 5.39 Å². The lowest BCUT2D eigenvalue weighted by molar-refractivity contribution is 0.448. The summed E-state index contributed by atoms with van der Waals surface area (Å²) < 4.78 is 20.2. The zero-order chi connectivity index (χ0) is 14.1. The molecular formula is C16H13BrFNO. The zero-order valence-electron chi connectivity index (χ0n) is 10.9. The molecule has 0 saturated carbocycles. The molecule has 0 aliphatic rings. The summed E-state index contributed by atoms with van der Waals surface area (Å²) >= 11 is 3.31. The van der Waals surface area contributed by atoms with Gasteiger partial charge in [-0.05, 0) is 52.1 Å². The minimum absolute atomic E-state index is 0.119. The third kappa shape index (κ3) is 2.25. The fourth-order valence-corrected chi connectivity index (χ4v) is 2.79. The monoisotopic (exact) mass is 333 g/mol. The van der Waals surface area contributed by atoms with E-state index in [2.05, 4.69) is 21.2 Å². The predicted molar refractivity (Wildman–Crippen MR) is 81.2 cm³/mol. The molecule has 4 heteroatoms. The van der Waals surface area contributed by atoms with Gasteiger partial charge in [0.15, 0.2) is 4.67 Å². The van der Waals surface area contributed by atoms with Crippen LogP contribution in [-0.4, -0.2) is 7.05 Å². The number of hydrogen-bond donors (Lipinski definition) is 1. The van der Waals surface area contributed by atoms with Crippen molar-refractivity contribution in [1.29, 1.82) is 0 Å². The lowest BCUT2D eigenvalue weighted by Gasteiger charge is -2.17. The summed E-state index contributed by atoms with van der Waals surface area (Å²) in [6.45, 7) is 0. The highest BCUT2D eigenvalue weighted by atomic mass is 79.9. The molecule has 0 amide bonds. The molecule has 0 radical (unpaired) electrons. The van der Waals surface area contributed by atoms with E-state index in [0.717, 1.165) is 16.7 Å². The van der Waals surface area contributed by atoms with Crippen LogP contribution >= 0.6 is 15.9 Å². The number of hydrogen-bond acceptors (Lipinski definition) is 2. The smallest absolute Gasteiger partial charge is 0.169 e. The summed E-state index contributed by atoms with van der Waals surface area (Å²) in [5.41, 5.74) is 0.992. The summed E-state index contributed by atoms with van der Waals surface area (Å²) in [6, 6.07) is 14.4. The van der Waals surface area contributed by atoms with Crippen LogP contribution in [0.1, 0.15) is 17.4 Å². The Morgan fingerprint density at radius 1 is 1.05 bits per heavy atom. The first-order chi connectivity index (χ1) is 9.70. The molecule has 0 saturated heterocycles. The van der Waals surface area contributed by atoms with Crippen LogP contribution in [0.2, 0.25) is 0 Å². The van der Waals surface area contributed by atoms with Gasteiger partial charge in [0.25, 0.3) is 0 Å². The Hall–Kier alpha value is -1.65. The van der Waals surface area contributed by atoms with Crippen LogP contribution < -0.4 is 5.32 Å². The van der Waals surface area contributed by atoms with Crippen molar-refractivity contribution in [2.24, 2.45) is 0 Å². The molecule has 3 aromatic rings. The van der Waals surface area contributed by atoms with E-state index >= 15 is 0 Å². The maximum atomic E-state index is 13.9. The van der Waals surface area contributed by atoms with E-state index in [-0.39, 0.29) is 11.9 Å². The Kier molecular flexibility index (Phi) is 3.59. The Bertz CT molecular complexity index is 753. The Labute approximate surface area is 124 Å². The molecule has 1 atom stereocenters. The maximum Gasteiger partial charge on any atom is 0.169 e. The van der Waals surface area contributed by atoms with Crippen molar-refractivity contribution in [2.75, 3.05) is 7.05 Å². The molecule has 1 N–H and O–H groups in total. The average molecular weight is 334 g/mol. The standard InChI is InChI=1S/C16H13BrFNO/c1-19-16(14-8-9-15(17)20-14)12-6-7-13(18)11-5-3-2-4-10(11)12/h2-9,16,19H,1H3. The lowest BCUT2D eigenvalue weighted by Crippen LogP contribution is -2.17. The molecule has 0 bridgehead atoms. The maximum absolute atomic E-state index is 13.9. The first-order valence-electron chi connectivity index (χ1n) is 6.30. The molecule has 3 rings (SSSR count). The van der Waals surface area contributed by atoms with Gasteiger partial charge in [0.2, 0.25) is 0 Å². The van der Waals surface area contributed by atoms with Gasteiger partial charge in [0.05, 0.1) is 6.04 Å². The van der Waals surface area contributed by atoms with E-state index in [1.165, 1.54) is 6.07 Å². The highest BCUT2D eigenvalue weighted by Crippen LogP contribution is 2.31. The number of halogens is 2. The van der Waals surface area contributed by atoms with E-state index < -0.39 is 0 Å². The van der Waals surface area contributed by atoms with Crippen molar-refractivity contribution >= 4 is 26.7 Å². The number of nitrogens with one attached hydrogen (secondary N) is 1. The van der Waals surface area contributed by atoms with Crippen molar-refractivity contribution in [3.05, 3.63) is 70.3 Å². The number of rotatable bonds is 3. The van der Waals surface area contributed by atoms with Crippen LogP contribution in [0, 0.1) is 5.82 Å². The summed E-state index contributed by atoms with van der Waals surface area (Å²) in [4.78, 5) is 0. The van der Waals surface area contributed by atoms with Gasteiger partial charge in [0.1, 0.15) is 11.6 Å². The molecular weight excluding hydrogens is 321 g/mol. The molecule has 0 aliphatic carbocycles. The van der Waals surface area contributed by atoms with Gasteiger partial charge >= 0.3 is 0 Å². The second-order valence-corrected chi connectivity index (χ2v) is 5.33. The van der Waals surface area contributed by atoms with Crippen LogP contribution in [0.25, 0.3) is 10.8 Å². The van der Waals surface area contributed by atoms with Gasteiger partial charge in [-0.2, -0.15) is 0 Å². The minimum atomic E-state index is -0.208. The van der Waals surface area contributed by atoms with Crippen molar-refractivity contribution in [1.82, 2.24) is 5.32 Å². The van der Waals surface area contributed by atoms with E-state index in [9.17, 15) is 4.39 Å². The van der Waals surface area contributed by atoms with Gasteiger partial charge in [-0.25, -0.2) is 4.39 Å². The highest BCUT2D eigenvalue weighted by Gasteiger charge is 2.19. The number of fused-ring (bicyclic) bond motifs is 1. The molecule has 20 heavy (non-hydrogen) atoms. The van der Waals surface area contributed by atoms with Crippen LogP contribution in [0.5, 0.6) is 0 Å². The van der Waals surface area contributed by atoms with Crippen LogP contribution in [0.15, 0.2) is 57.6 Å². The first kappa shape index (κ1) is 13.3. The third-order valence-electron chi connectivity index (χ3n) is 3.38. The fraction of sp³-hybridized carbons (Fsp3) is 0.125. The van der Waals surface area contributed by atoms with Gasteiger partial charge in [-0.15, -0.1) is 0 Å². The summed E-state index contributed by atoms with van der Waals surface area (Å²) in [5.74, 6) is 0.580. The lowest BCUT2D eigenvalue weighted by atomic mass is 9.97. The van der Waals surface area contributed by atoms with Crippen molar-refractivity contribution in [3.8, 4) is 0 Å². The molecule has 1 heterocycles. The predicted octanol–water partition coefficient (Wildman–Crippen LogP) is 4.64. The van der Waals surface area contributed by atoms with Crippen LogP contribution in [0.4, 0.5) is 4.39 Å². The number of furan rings is 1. The fourth-order valence-electron chi connectivity index (χ4n) is 2.47. The minimum Gasteiger partial charge on any atom is -0.452 e.